The lowest BCUT2D eigenvalue weighted by Gasteiger charge is -2.35. The van der Waals surface area contributed by atoms with Crippen LogP contribution in [0.15, 0.2) is 24.3 Å². The minimum absolute atomic E-state index is 0.104. The molecule has 0 aliphatic carbocycles. The van der Waals surface area contributed by atoms with Crippen LogP contribution < -0.4 is 4.90 Å². The summed E-state index contributed by atoms with van der Waals surface area (Å²) in [7, 11) is 0. The first-order valence-electron chi connectivity index (χ1n) is 6.51. The van der Waals surface area contributed by atoms with Gasteiger partial charge in [-0.2, -0.15) is 0 Å². The molecule has 17 heavy (non-hydrogen) atoms. The van der Waals surface area contributed by atoms with Crippen molar-refractivity contribution in [3.05, 3.63) is 29.8 Å². The van der Waals surface area contributed by atoms with E-state index in [1.165, 1.54) is 11.3 Å². The van der Waals surface area contributed by atoms with E-state index in [9.17, 15) is 5.11 Å². The molecule has 1 N–H and O–H groups in total. The Morgan fingerprint density at radius 1 is 1.12 bits per heavy atom. The molecule has 1 heterocycles. The first-order chi connectivity index (χ1) is 7.98. The van der Waals surface area contributed by atoms with Gasteiger partial charge in [-0.05, 0) is 29.9 Å². The first kappa shape index (κ1) is 12.4. The molecule has 1 aliphatic rings. The molecule has 0 bridgehead atoms. The maximum absolute atomic E-state index is 9.58. The summed E-state index contributed by atoms with van der Waals surface area (Å²) >= 11 is 0. The van der Waals surface area contributed by atoms with Crippen LogP contribution >= 0.6 is 0 Å². The van der Waals surface area contributed by atoms with Crippen molar-refractivity contribution in [2.45, 2.75) is 45.1 Å². The monoisotopic (exact) mass is 233 g/mol. The summed E-state index contributed by atoms with van der Waals surface area (Å²) in [5.74, 6) is 0. The van der Waals surface area contributed by atoms with E-state index in [2.05, 4.69) is 49.9 Å². The fourth-order valence-electron chi connectivity index (χ4n) is 2.49. The molecule has 2 heteroatoms. The zero-order chi connectivity index (χ0) is 12.5. The Kier molecular flexibility index (Phi) is 3.43. The number of hydrogen-bond donors (Lipinski definition) is 1. The van der Waals surface area contributed by atoms with Gasteiger partial charge in [-0.25, -0.2) is 0 Å². The highest BCUT2D eigenvalue weighted by atomic mass is 16.3. The van der Waals surface area contributed by atoms with Gasteiger partial charge in [-0.1, -0.05) is 39.0 Å². The summed E-state index contributed by atoms with van der Waals surface area (Å²) < 4.78 is 0. The average molecular weight is 233 g/mol. The van der Waals surface area contributed by atoms with Gasteiger partial charge in [0.15, 0.2) is 0 Å². The standard InChI is InChI=1S/C15H23NO/c1-15(2,3)13-6-4-5-7-14(13)16-10-8-12(17)9-11-16/h4-7,12,17H,8-11H2,1-3H3. The maximum Gasteiger partial charge on any atom is 0.0574 e. The molecular weight excluding hydrogens is 210 g/mol. The lowest BCUT2D eigenvalue weighted by Crippen LogP contribution is -2.37. The smallest absolute Gasteiger partial charge is 0.0574 e. The van der Waals surface area contributed by atoms with E-state index in [-0.39, 0.29) is 11.5 Å². The second kappa shape index (κ2) is 4.69. The molecule has 1 fully saturated rings. The van der Waals surface area contributed by atoms with Crippen molar-refractivity contribution in [2.24, 2.45) is 0 Å². The number of nitrogens with zero attached hydrogens (tertiary/aromatic N) is 1. The lowest BCUT2D eigenvalue weighted by molar-refractivity contribution is 0.145. The van der Waals surface area contributed by atoms with E-state index < -0.39 is 0 Å². The van der Waals surface area contributed by atoms with E-state index >= 15 is 0 Å². The summed E-state index contributed by atoms with van der Waals surface area (Å²) in [6.07, 6.45) is 1.67. The third kappa shape index (κ3) is 2.81. The molecule has 0 atom stereocenters. The fourth-order valence-corrected chi connectivity index (χ4v) is 2.49. The number of rotatable bonds is 1. The zero-order valence-corrected chi connectivity index (χ0v) is 11.1. The second-order valence-electron chi connectivity index (χ2n) is 5.99. The summed E-state index contributed by atoms with van der Waals surface area (Å²) in [6, 6.07) is 8.65. The van der Waals surface area contributed by atoms with E-state index in [1.807, 2.05) is 0 Å². The first-order valence-corrected chi connectivity index (χ1v) is 6.51. The van der Waals surface area contributed by atoms with Gasteiger partial charge in [0.25, 0.3) is 0 Å². The molecule has 94 valence electrons. The van der Waals surface area contributed by atoms with Gasteiger partial charge >= 0.3 is 0 Å². The predicted octanol–water partition coefficient (Wildman–Crippen LogP) is 2.95. The summed E-state index contributed by atoms with van der Waals surface area (Å²) in [6.45, 7) is 8.70. The Labute approximate surface area is 104 Å². The van der Waals surface area contributed by atoms with Crippen LogP contribution in [-0.2, 0) is 5.41 Å². The topological polar surface area (TPSA) is 23.5 Å². The highest BCUT2D eigenvalue weighted by Gasteiger charge is 2.23. The van der Waals surface area contributed by atoms with Crippen LogP contribution in [0.5, 0.6) is 0 Å². The third-order valence-electron chi connectivity index (χ3n) is 3.52. The SMILES string of the molecule is CC(C)(C)c1ccccc1N1CCC(O)CC1. The Bertz CT molecular complexity index is 373. The zero-order valence-electron chi connectivity index (χ0n) is 11.1. The molecule has 0 saturated carbocycles. The minimum Gasteiger partial charge on any atom is -0.393 e. The summed E-state index contributed by atoms with van der Waals surface area (Å²) in [5.41, 5.74) is 2.91. The van der Waals surface area contributed by atoms with Crippen LogP contribution in [0.2, 0.25) is 0 Å². The molecule has 0 spiro atoms. The van der Waals surface area contributed by atoms with E-state index in [0.717, 1.165) is 25.9 Å². The summed E-state index contributed by atoms with van der Waals surface area (Å²) in [4.78, 5) is 2.41. The van der Waals surface area contributed by atoms with Gasteiger partial charge in [0.1, 0.15) is 0 Å². The summed E-state index contributed by atoms with van der Waals surface area (Å²) in [5, 5.41) is 9.58. The predicted molar refractivity (Wildman–Crippen MR) is 72.6 cm³/mol. The van der Waals surface area contributed by atoms with Crippen molar-refractivity contribution >= 4 is 5.69 Å². The Balaban J connectivity index is 2.26. The van der Waals surface area contributed by atoms with Crippen molar-refractivity contribution in [1.82, 2.24) is 0 Å². The van der Waals surface area contributed by atoms with Crippen molar-refractivity contribution in [3.8, 4) is 0 Å². The maximum atomic E-state index is 9.58. The van der Waals surface area contributed by atoms with Crippen molar-refractivity contribution in [2.75, 3.05) is 18.0 Å². The molecule has 2 nitrogen and oxygen atoms in total. The van der Waals surface area contributed by atoms with Crippen LogP contribution in [0.1, 0.15) is 39.2 Å². The number of anilines is 1. The molecule has 1 aromatic rings. The number of aliphatic hydroxyl groups excluding tert-OH is 1. The molecule has 1 saturated heterocycles. The van der Waals surface area contributed by atoms with Crippen LogP contribution in [0.25, 0.3) is 0 Å². The molecule has 1 aliphatic heterocycles. The number of aliphatic hydroxyl groups is 1. The van der Waals surface area contributed by atoms with E-state index in [4.69, 9.17) is 0 Å². The van der Waals surface area contributed by atoms with Gasteiger partial charge in [-0.3, -0.25) is 0 Å². The van der Waals surface area contributed by atoms with Gasteiger partial charge < -0.3 is 10.0 Å². The molecular formula is C15H23NO. The normalized spacial score (nSPS) is 18.5. The Hall–Kier alpha value is -1.02. The van der Waals surface area contributed by atoms with Gasteiger partial charge in [0, 0.05) is 18.8 Å². The van der Waals surface area contributed by atoms with Gasteiger partial charge in [-0.15, -0.1) is 0 Å². The largest absolute Gasteiger partial charge is 0.393 e. The van der Waals surface area contributed by atoms with Crippen LogP contribution in [0.4, 0.5) is 5.69 Å². The molecule has 0 aromatic heterocycles. The van der Waals surface area contributed by atoms with Crippen molar-refractivity contribution in [1.29, 1.82) is 0 Å². The number of para-hydroxylation sites is 1. The Morgan fingerprint density at radius 2 is 1.71 bits per heavy atom. The highest BCUT2D eigenvalue weighted by Crippen LogP contribution is 2.33. The number of hydrogen-bond acceptors (Lipinski definition) is 2. The fraction of sp³-hybridized carbons (Fsp3) is 0.600. The molecule has 0 amide bonds. The van der Waals surface area contributed by atoms with E-state index in [1.54, 1.807) is 0 Å². The number of benzene rings is 1. The lowest BCUT2D eigenvalue weighted by atomic mass is 9.85. The van der Waals surface area contributed by atoms with Gasteiger partial charge in [0.2, 0.25) is 0 Å². The number of piperidine rings is 1. The van der Waals surface area contributed by atoms with Crippen LogP contribution in [0, 0.1) is 0 Å². The second-order valence-corrected chi connectivity index (χ2v) is 5.99. The molecule has 2 rings (SSSR count). The van der Waals surface area contributed by atoms with Crippen LogP contribution in [-0.4, -0.2) is 24.3 Å². The van der Waals surface area contributed by atoms with E-state index in [0.29, 0.717) is 0 Å². The molecule has 1 aromatic carbocycles. The minimum atomic E-state index is -0.104. The average Bonchev–Trinajstić information content (AvgIpc) is 2.29. The van der Waals surface area contributed by atoms with Gasteiger partial charge in [0.05, 0.1) is 6.10 Å². The quantitative estimate of drug-likeness (QED) is 0.806. The van der Waals surface area contributed by atoms with Crippen molar-refractivity contribution in [3.63, 3.8) is 0 Å². The Morgan fingerprint density at radius 3 is 2.29 bits per heavy atom. The highest BCUT2D eigenvalue weighted by molar-refractivity contribution is 5.56. The third-order valence-corrected chi connectivity index (χ3v) is 3.52. The molecule has 0 radical (unpaired) electrons. The van der Waals surface area contributed by atoms with Crippen LogP contribution in [0.3, 0.4) is 0 Å². The molecule has 0 unspecified atom stereocenters. The van der Waals surface area contributed by atoms with Crippen molar-refractivity contribution < 1.29 is 5.11 Å².